The Morgan fingerprint density at radius 1 is 0.857 bits per heavy atom. The molecule has 1 saturated heterocycles. The van der Waals surface area contributed by atoms with Gasteiger partial charge >= 0.3 is 11.9 Å². The molecule has 70 heavy (non-hydrogen) atoms. The number of para-hydroxylation sites is 1. The number of nitrogens with zero attached hydrogens (tertiary/aromatic N) is 4. The Bertz CT molecular complexity index is 2900. The van der Waals surface area contributed by atoms with Gasteiger partial charge in [0.1, 0.15) is 17.1 Å². The molecule has 2 aliphatic heterocycles. The van der Waals surface area contributed by atoms with Crippen LogP contribution in [0.15, 0.2) is 124 Å². The first-order chi connectivity index (χ1) is 33.4. The average Bonchev–Trinajstić information content (AvgIpc) is 4.18. The number of pyridine rings is 1. The zero-order chi connectivity index (χ0) is 50.3. The lowest BCUT2D eigenvalue weighted by Gasteiger charge is -2.33. The van der Waals surface area contributed by atoms with Gasteiger partial charge in [0.15, 0.2) is 11.4 Å². The van der Waals surface area contributed by atoms with Crippen LogP contribution in [0.25, 0.3) is 10.9 Å². The zero-order valence-corrected chi connectivity index (χ0v) is 42.5. The van der Waals surface area contributed by atoms with Crippen LogP contribution in [0.5, 0.6) is 5.75 Å². The number of piperazine rings is 1. The number of ketones is 1. The van der Waals surface area contributed by atoms with Gasteiger partial charge in [-0.15, -0.1) is 0 Å². The van der Waals surface area contributed by atoms with Gasteiger partial charge in [-0.2, -0.15) is 0 Å². The second-order valence-electron chi connectivity index (χ2n) is 18.3. The standard InChI is InChI=1S/C20H21ClO4.C17H19ClN2S.C17H18FN3O3/c1-13(2)24-19(23)20(3,4)25-17-11-7-15(8-12-17)18(22)14-5-9-16(21)10-6-14;1-19(2)10-5-11-20-14-6-3-4-7-16(14)21-17-9-8-13(18)12-15(17)20;18-13-7-11-14(8-15(13)20-5-3-19-4-6-20)21(10-1-2-10)9-12(16(11)22)17(23)24/h5-13H,1-4H3;3-4,6-9,12H,5,10-11H2,1-2H3;7-10,19H,1-6H2,(H,23,24). The Hall–Kier alpha value is -5.90. The molecular formula is C54H58Cl2FN5O7S. The van der Waals surface area contributed by atoms with Crippen molar-refractivity contribution >= 4 is 80.7 Å². The van der Waals surface area contributed by atoms with Crippen molar-refractivity contribution in [3.05, 3.63) is 152 Å². The lowest BCUT2D eigenvalue weighted by atomic mass is 10.0. The maximum Gasteiger partial charge on any atom is 0.350 e. The Labute approximate surface area is 422 Å². The van der Waals surface area contributed by atoms with Gasteiger partial charge in [-0.25, -0.2) is 14.0 Å². The summed E-state index contributed by atoms with van der Waals surface area (Å²) in [5.41, 5.74) is 2.63. The van der Waals surface area contributed by atoms with Crippen molar-refractivity contribution in [1.82, 2.24) is 14.8 Å². The molecule has 6 aromatic rings. The monoisotopic (exact) mass is 1010 g/mol. The van der Waals surface area contributed by atoms with Crippen molar-refractivity contribution in [2.75, 3.05) is 63.2 Å². The summed E-state index contributed by atoms with van der Waals surface area (Å²) in [5.74, 6) is -1.82. The number of carbonyl (C=O) groups excluding carboxylic acids is 2. The van der Waals surface area contributed by atoms with Gasteiger partial charge in [-0.05, 0) is 159 Å². The van der Waals surface area contributed by atoms with E-state index in [0.717, 1.165) is 50.5 Å². The van der Waals surface area contributed by atoms with Crippen LogP contribution < -0.4 is 25.3 Å². The number of anilines is 3. The number of aromatic nitrogens is 1. The summed E-state index contributed by atoms with van der Waals surface area (Å²) in [6.45, 7) is 11.9. The molecule has 3 aliphatic rings. The minimum Gasteiger partial charge on any atom is -0.477 e. The van der Waals surface area contributed by atoms with Crippen molar-refractivity contribution in [2.24, 2.45) is 0 Å². The highest BCUT2D eigenvalue weighted by molar-refractivity contribution is 7.99. The molecule has 368 valence electrons. The van der Waals surface area contributed by atoms with Crippen LogP contribution in [0.3, 0.4) is 0 Å². The largest absolute Gasteiger partial charge is 0.477 e. The lowest BCUT2D eigenvalue weighted by Crippen LogP contribution is -2.43. The van der Waals surface area contributed by atoms with Gasteiger partial charge < -0.3 is 39.2 Å². The van der Waals surface area contributed by atoms with E-state index in [4.69, 9.17) is 32.7 Å². The lowest BCUT2D eigenvalue weighted by molar-refractivity contribution is -0.163. The first-order valence-corrected chi connectivity index (χ1v) is 24.8. The highest BCUT2D eigenvalue weighted by Crippen LogP contribution is 2.48. The Morgan fingerprint density at radius 3 is 2.11 bits per heavy atom. The van der Waals surface area contributed by atoms with E-state index in [1.54, 1.807) is 82.3 Å². The molecule has 1 aromatic heterocycles. The second-order valence-corrected chi connectivity index (χ2v) is 20.2. The van der Waals surface area contributed by atoms with Crippen molar-refractivity contribution < 1.29 is 33.4 Å². The van der Waals surface area contributed by atoms with Crippen LogP contribution in [0, 0.1) is 5.82 Å². The van der Waals surface area contributed by atoms with Crippen LogP contribution in [-0.4, -0.2) is 97.4 Å². The van der Waals surface area contributed by atoms with E-state index in [-0.39, 0.29) is 28.9 Å². The number of halogens is 3. The van der Waals surface area contributed by atoms with Crippen molar-refractivity contribution in [3.63, 3.8) is 0 Å². The van der Waals surface area contributed by atoms with E-state index >= 15 is 0 Å². The third-order valence-corrected chi connectivity index (χ3v) is 13.4. The van der Waals surface area contributed by atoms with E-state index in [1.807, 2.05) is 27.3 Å². The van der Waals surface area contributed by atoms with Gasteiger partial charge in [0, 0.05) is 81.3 Å². The molecule has 12 nitrogen and oxygen atoms in total. The molecule has 0 amide bonds. The predicted molar refractivity (Wildman–Crippen MR) is 278 cm³/mol. The van der Waals surface area contributed by atoms with Crippen LogP contribution >= 0.6 is 35.0 Å². The van der Waals surface area contributed by atoms with E-state index in [1.165, 1.54) is 33.4 Å². The molecule has 16 heteroatoms. The number of rotatable bonds is 13. The number of hydrogen-bond acceptors (Lipinski definition) is 11. The molecule has 1 saturated carbocycles. The zero-order valence-electron chi connectivity index (χ0n) is 40.1. The minimum absolute atomic E-state index is 0.110. The van der Waals surface area contributed by atoms with E-state index in [2.05, 4.69) is 65.6 Å². The quantitative estimate of drug-likeness (QED) is 0.0843. The number of fused-ring (bicyclic) bond motifs is 3. The van der Waals surface area contributed by atoms with Gasteiger partial charge in [-0.1, -0.05) is 47.1 Å². The Balaban J connectivity index is 0.000000155. The molecule has 9 rings (SSSR count). The number of ether oxygens (including phenoxy) is 2. The Morgan fingerprint density at radius 2 is 1.49 bits per heavy atom. The van der Waals surface area contributed by atoms with Gasteiger partial charge in [-0.3, -0.25) is 9.59 Å². The maximum atomic E-state index is 14.6. The first kappa shape index (κ1) is 51.9. The van der Waals surface area contributed by atoms with E-state index in [9.17, 15) is 28.7 Å². The molecule has 2 fully saturated rings. The smallest absolute Gasteiger partial charge is 0.350 e. The van der Waals surface area contributed by atoms with E-state index < -0.39 is 28.8 Å². The summed E-state index contributed by atoms with van der Waals surface area (Å²) in [6, 6.07) is 31.2. The van der Waals surface area contributed by atoms with Crippen LogP contribution in [0.4, 0.5) is 21.5 Å². The second kappa shape index (κ2) is 22.9. The maximum absolute atomic E-state index is 14.6. The molecule has 1 aliphatic carbocycles. The minimum atomic E-state index is -1.28. The Kier molecular flexibility index (Phi) is 17.0. The number of aromatic carboxylic acids is 1. The van der Waals surface area contributed by atoms with Gasteiger partial charge in [0.25, 0.3) is 0 Å². The number of carboxylic acids is 1. The molecule has 0 unspecified atom stereocenters. The number of hydrogen-bond donors (Lipinski definition) is 2. The van der Waals surface area contributed by atoms with E-state index in [0.29, 0.717) is 46.2 Å². The fourth-order valence-electron chi connectivity index (χ4n) is 8.04. The number of nitrogens with one attached hydrogen (secondary N) is 1. The molecular weight excluding hydrogens is 953 g/mol. The molecule has 0 atom stereocenters. The highest BCUT2D eigenvalue weighted by Gasteiger charge is 2.33. The molecule has 3 heterocycles. The average molecular weight is 1010 g/mol. The topological polar surface area (TPSA) is 134 Å². The number of carboxylic acid groups (broad SMARTS) is 1. The summed E-state index contributed by atoms with van der Waals surface area (Å²) in [5, 5.41) is 14.0. The molecule has 0 bridgehead atoms. The summed E-state index contributed by atoms with van der Waals surface area (Å²) >= 11 is 13.9. The SMILES string of the molecule is CC(C)OC(=O)C(C)(C)Oc1ccc(C(=O)c2ccc(Cl)cc2)cc1.CN(C)CCCN1c2ccccc2Sc2ccc(Cl)cc21.O=C(O)c1cn(C2CC2)c2cc(N3CCNCC3)c(F)cc2c1=O. The van der Waals surface area contributed by atoms with Crippen LogP contribution in [0.2, 0.25) is 10.0 Å². The molecule has 0 spiro atoms. The van der Waals surface area contributed by atoms with Crippen LogP contribution in [0.1, 0.15) is 79.3 Å². The summed E-state index contributed by atoms with van der Waals surface area (Å²) in [7, 11) is 4.23. The van der Waals surface area contributed by atoms with Gasteiger partial charge in [0.2, 0.25) is 5.43 Å². The summed E-state index contributed by atoms with van der Waals surface area (Å²) in [6.07, 6.45) is 4.20. The van der Waals surface area contributed by atoms with Gasteiger partial charge in [0.05, 0.1) is 28.7 Å². The third-order valence-electron chi connectivity index (χ3n) is 11.7. The summed E-state index contributed by atoms with van der Waals surface area (Å²) in [4.78, 5) is 57.4. The molecule has 2 N–H and O–H groups in total. The number of esters is 1. The summed E-state index contributed by atoms with van der Waals surface area (Å²) < 4.78 is 27.3. The number of benzene rings is 5. The third kappa shape index (κ3) is 12.9. The van der Waals surface area contributed by atoms with Crippen molar-refractivity contribution in [3.8, 4) is 5.75 Å². The van der Waals surface area contributed by atoms with Crippen molar-refractivity contribution in [2.45, 2.75) is 74.5 Å². The fourth-order valence-corrected chi connectivity index (χ4v) is 9.41. The molecule has 5 aromatic carbocycles. The van der Waals surface area contributed by atoms with Crippen molar-refractivity contribution in [1.29, 1.82) is 0 Å². The predicted octanol–water partition coefficient (Wildman–Crippen LogP) is 11.2. The number of carbonyl (C=O) groups is 3. The van der Waals surface area contributed by atoms with Crippen LogP contribution in [-0.2, 0) is 9.53 Å². The normalized spacial score (nSPS) is 14.2. The highest BCUT2D eigenvalue weighted by atomic mass is 35.5. The molecule has 0 radical (unpaired) electrons. The first-order valence-electron chi connectivity index (χ1n) is 23.3. The fraction of sp³-hybridized carbons (Fsp3) is 0.333.